The van der Waals surface area contributed by atoms with Crippen LogP contribution in [0.3, 0.4) is 0 Å². The monoisotopic (exact) mass is 287 g/mol. The van der Waals surface area contributed by atoms with Gasteiger partial charge in [-0.15, -0.1) is 0 Å². The summed E-state index contributed by atoms with van der Waals surface area (Å²) in [5, 5.41) is 0. The van der Waals surface area contributed by atoms with Crippen molar-refractivity contribution in [1.82, 2.24) is 4.98 Å². The number of hydrogen-bond acceptors (Lipinski definition) is 4. The maximum absolute atomic E-state index is 5.82. The van der Waals surface area contributed by atoms with Crippen LogP contribution < -0.4 is 15.4 Å². The molecule has 104 valence electrons. The van der Waals surface area contributed by atoms with Crippen LogP contribution in [-0.2, 0) is 0 Å². The molecule has 20 heavy (non-hydrogen) atoms. The standard InChI is InChI=1S/C15H17N3OS/c1-10-8-9-17-15(13(10)14(16)20)18(2)11-4-6-12(19-3)7-5-11/h4-9H,1-3H3,(H2,16,20). The number of rotatable bonds is 4. The van der Waals surface area contributed by atoms with Crippen molar-refractivity contribution in [3.8, 4) is 5.75 Å². The van der Waals surface area contributed by atoms with Gasteiger partial charge in [0.1, 0.15) is 16.6 Å². The van der Waals surface area contributed by atoms with Crippen LogP contribution in [0.25, 0.3) is 0 Å². The second kappa shape index (κ2) is 5.88. The van der Waals surface area contributed by atoms with Gasteiger partial charge in [0.15, 0.2) is 0 Å². The summed E-state index contributed by atoms with van der Waals surface area (Å²) < 4.78 is 5.16. The van der Waals surface area contributed by atoms with E-state index >= 15 is 0 Å². The summed E-state index contributed by atoms with van der Waals surface area (Å²) in [7, 11) is 3.58. The minimum absolute atomic E-state index is 0.353. The van der Waals surface area contributed by atoms with Crippen molar-refractivity contribution in [3.63, 3.8) is 0 Å². The predicted octanol–water partition coefficient (Wildman–Crippen LogP) is 2.80. The van der Waals surface area contributed by atoms with Gasteiger partial charge in [0.05, 0.1) is 12.7 Å². The third kappa shape index (κ3) is 2.72. The Bertz CT molecular complexity index is 626. The van der Waals surface area contributed by atoms with E-state index in [2.05, 4.69) is 4.98 Å². The number of anilines is 2. The molecule has 2 N–H and O–H groups in total. The van der Waals surface area contributed by atoms with Gasteiger partial charge in [-0.25, -0.2) is 4.98 Å². The highest BCUT2D eigenvalue weighted by molar-refractivity contribution is 7.80. The first-order valence-corrected chi connectivity index (χ1v) is 6.58. The van der Waals surface area contributed by atoms with E-state index < -0.39 is 0 Å². The van der Waals surface area contributed by atoms with Crippen LogP contribution in [-0.4, -0.2) is 24.1 Å². The van der Waals surface area contributed by atoms with E-state index in [-0.39, 0.29) is 0 Å². The molecule has 1 aromatic carbocycles. The molecule has 0 aliphatic carbocycles. The van der Waals surface area contributed by atoms with Gasteiger partial charge in [-0.3, -0.25) is 0 Å². The molecule has 0 saturated heterocycles. The fourth-order valence-electron chi connectivity index (χ4n) is 2.03. The summed E-state index contributed by atoms with van der Waals surface area (Å²) in [5.74, 6) is 1.57. The molecule has 0 radical (unpaired) electrons. The van der Waals surface area contributed by atoms with Gasteiger partial charge in [-0.05, 0) is 42.8 Å². The van der Waals surface area contributed by atoms with Gasteiger partial charge in [0.25, 0.3) is 0 Å². The Labute approximate surface area is 124 Å². The fraction of sp³-hybridized carbons (Fsp3) is 0.200. The molecular formula is C15H17N3OS. The summed E-state index contributed by atoms with van der Waals surface area (Å²) in [6.07, 6.45) is 1.76. The van der Waals surface area contributed by atoms with Crippen molar-refractivity contribution in [2.45, 2.75) is 6.92 Å². The zero-order valence-electron chi connectivity index (χ0n) is 11.8. The molecule has 0 saturated carbocycles. The number of aryl methyl sites for hydroxylation is 1. The molecule has 0 unspecified atom stereocenters. The van der Waals surface area contributed by atoms with E-state index in [1.54, 1.807) is 13.3 Å². The highest BCUT2D eigenvalue weighted by Gasteiger charge is 2.15. The maximum Gasteiger partial charge on any atom is 0.143 e. The lowest BCUT2D eigenvalue weighted by Crippen LogP contribution is -2.20. The number of aromatic nitrogens is 1. The van der Waals surface area contributed by atoms with E-state index in [1.165, 1.54) is 0 Å². The van der Waals surface area contributed by atoms with E-state index in [0.717, 1.165) is 28.4 Å². The zero-order chi connectivity index (χ0) is 14.7. The topological polar surface area (TPSA) is 51.4 Å². The Hall–Kier alpha value is -2.14. The molecule has 1 aromatic heterocycles. The summed E-state index contributed by atoms with van der Waals surface area (Å²) in [5.41, 5.74) is 8.63. The van der Waals surface area contributed by atoms with Crippen molar-refractivity contribution in [2.75, 3.05) is 19.1 Å². The molecule has 0 aliphatic rings. The van der Waals surface area contributed by atoms with Crippen LogP contribution >= 0.6 is 12.2 Å². The highest BCUT2D eigenvalue weighted by atomic mass is 32.1. The quantitative estimate of drug-likeness (QED) is 0.876. The normalized spacial score (nSPS) is 10.2. The lowest BCUT2D eigenvalue weighted by Gasteiger charge is -2.22. The van der Waals surface area contributed by atoms with Crippen molar-refractivity contribution in [2.24, 2.45) is 5.73 Å². The lowest BCUT2D eigenvalue weighted by atomic mass is 10.1. The molecule has 1 heterocycles. The molecule has 2 aromatic rings. The Morgan fingerprint density at radius 1 is 1.25 bits per heavy atom. The van der Waals surface area contributed by atoms with Crippen LogP contribution in [0.5, 0.6) is 5.75 Å². The zero-order valence-corrected chi connectivity index (χ0v) is 12.6. The Balaban J connectivity index is 2.44. The van der Waals surface area contributed by atoms with Crippen LogP contribution in [0.1, 0.15) is 11.1 Å². The molecule has 0 fully saturated rings. The number of nitrogens with two attached hydrogens (primary N) is 1. The van der Waals surface area contributed by atoms with E-state index in [0.29, 0.717) is 4.99 Å². The van der Waals surface area contributed by atoms with E-state index in [1.807, 2.05) is 49.2 Å². The number of benzene rings is 1. The van der Waals surface area contributed by atoms with Crippen molar-refractivity contribution in [3.05, 3.63) is 47.7 Å². The van der Waals surface area contributed by atoms with E-state index in [4.69, 9.17) is 22.7 Å². The number of thiocarbonyl (C=S) groups is 1. The number of methoxy groups -OCH3 is 1. The van der Waals surface area contributed by atoms with Crippen molar-refractivity contribution < 1.29 is 4.74 Å². The molecule has 0 aliphatic heterocycles. The summed E-state index contributed by atoms with van der Waals surface area (Å²) in [6, 6.07) is 9.64. The van der Waals surface area contributed by atoms with E-state index in [9.17, 15) is 0 Å². The van der Waals surface area contributed by atoms with Crippen molar-refractivity contribution in [1.29, 1.82) is 0 Å². The third-order valence-corrected chi connectivity index (χ3v) is 3.37. The first-order valence-electron chi connectivity index (χ1n) is 6.17. The minimum Gasteiger partial charge on any atom is -0.497 e. The van der Waals surface area contributed by atoms with Crippen LogP contribution in [0, 0.1) is 6.92 Å². The number of hydrogen-bond donors (Lipinski definition) is 1. The predicted molar refractivity (Wildman–Crippen MR) is 85.9 cm³/mol. The fourth-order valence-corrected chi connectivity index (χ4v) is 2.28. The minimum atomic E-state index is 0.353. The Morgan fingerprint density at radius 3 is 2.45 bits per heavy atom. The van der Waals surface area contributed by atoms with Gasteiger partial charge < -0.3 is 15.4 Å². The second-order valence-electron chi connectivity index (χ2n) is 4.45. The molecule has 2 rings (SSSR count). The first kappa shape index (κ1) is 14.3. The Kier molecular flexibility index (Phi) is 4.20. The van der Waals surface area contributed by atoms with Crippen LogP contribution in [0.15, 0.2) is 36.5 Å². The highest BCUT2D eigenvalue weighted by Crippen LogP contribution is 2.28. The second-order valence-corrected chi connectivity index (χ2v) is 4.89. The molecular weight excluding hydrogens is 270 g/mol. The summed E-state index contributed by atoms with van der Waals surface area (Å²) in [6.45, 7) is 1.97. The van der Waals surface area contributed by atoms with Gasteiger partial charge in [-0.1, -0.05) is 12.2 Å². The average Bonchev–Trinajstić information content (AvgIpc) is 2.46. The molecule has 4 nitrogen and oxygen atoms in total. The Morgan fingerprint density at radius 2 is 1.90 bits per heavy atom. The summed E-state index contributed by atoms with van der Waals surface area (Å²) >= 11 is 5.14. The summed E-state index contributed by atoms with van der Waals surface area (Å²) in [4.78, 5) is 6.72. The SMILES string of the molecule is COc1ccc(N(C)c2nccc(C)c2C(N)=S)cc1. The maximum atomic E-state index is 5.82. The van der Waals surface area contributed by atoms with Gasteiger partial charge in [-0.2, -0.15) is 0 Å². The molecule has 0 bridgehead atoms. The third-order valence-electron chi connectivity index (χ3n) is 3.16. The average molecular weight is 287 g/mol. The molecule has 0 spiro atoms. The molecule has 0 amide bonds. The van der Waals surface area contributed by atoms with Crippen LogP contribution in [0.4, 0.5) is 11.5 Å². The molecule has 0 atom stereocenters. The molecule has 5 heteroatoms. The van der Waals surface area contributed by atoms with Gasteiger partial charge in [0, 0.05) is 18.9 Å². The van der Waals surface area contributed by atoms with Crippen LogP contribution in [0.2, 0.25) is 0 Å². The number of nitrogens with zero attached hydrogens (tertiary/aromatic N) is 2. The smallest absolute Gasteiger partial charge is 0.143 e. The van der Waals surface area contributed by atoms with Crippen molar-refractivity contribution >= 4 is 28.7 Å². The van der Waals surface area contributed by atoms with Gasteiger partial charge in [0.2, 0.25) is 0 Å². The largest absolute Gasteiger partial charge is 0.497 e. The number of pyridine rings is 1. The lowest BCUT2D eigenvalue weighted by molar-refractivity contribution is 0.415. The van der Waals surface area contributed by atoms with Gasteiger partial charge >= 0.3 is 0 Å². The number of ether oxygens (including phenoxy) is 1. The first-order chi connectivity index (χ1) is 9.54.